The third-order valence-electron chi connectivity index (χ3n) is 4.14. The van der Waals surface area contributed by atoms with Crippen molar-refractivity contribution in [3.05, 3.63) is 47.0 Å². The molecule has 0 saturated carbocycles. The molecule has 0 radical (unpaired) electrons. The Hall–Kier alpha value is -1.68. The fraction of sp³-hybridized carbons (Fsp3) is 0.545. The second-order valence-electron chi connectivity index (χ2n) is 7.11. The van der Waals surface area contributed by atoms with Crippen molar-refractivity contribution in [1.29, 1.82) is 0 Å². The Morgan fingerprint density at radius 2 is 1.48 bits per heavy atom. The number of ether oxygens (including phenoxy) is 1. The van der Waals surface area contributed by atoms with Crippen LogP contribution in [0.15, 0.2) is 24.8 Å². The maximum Gasteiger partial charge on any atom is 0.133 e. The van der Waals surface area contributed by atoms with Crippen molar-refractivity contribution in [3.63, 3.8) is 0 Å². The van der Waals surface area contributed by atoms with Gasteiger partial charge in [-0.05, 0) is 41.4 Å². The summed E-state index contributed by atoms with van der Waals surface area (Å²) in [6, 6.07) is 4.71. The molecule has 126 valence electrons. The molecule has 1 aromatic rings. The Labute approximate surface area is 143 Å². The highest BCUT2D eigenvalue weighted by atomic mass is 16.5. The summed E-state index contributed by atoms with van der Waals surface area (Å²) in [5.41, 5.74) is 5.49. The zero-order valence-corrected chi connectivity index (χ0v) is 15.9. The van der Waals surface area contributed by atoms with Gasteiger partial charge in [0.1, 0.15) is 12.2 Å². The molecule has 1 nitrogen and oxygen atoms in total. The first-order valence-corrected chi connectivity index (χ1v) is 8.71. The number of benzene rings is 1. The quantitative estimate of drug-likeness (QED) is 0.421. The molecule has 0 aliphatic carbocycles. The second-order valence-corrected chi connectivity index (χ2v) is 7.11. The summed E-state index contributed by atoms with van der Waals surface area (Å²) in [5.74, 6) is 4.43. The molecular weight excluding hydrogens is 280 g/mol. The highest BCUT2D eigenvalue weighted by Crippen LogP contribution is 2.36. The fourth-order valence-corrected chi connectivity index (χ4v) is 2.78. The molecule has 0 unspecified atom stereocenters. The van der Waals surface area contributed by atoms with Crippen LogP contribution in [0.2, 0.25) is 0 Å². The second kappa shape index (κ2) is 8.82. The zero-order valence-electron chi connectivity index (χ0n) is 15.9. The van der Waals surface area contributed by atoms with Crippen LogP contribution in [0.1, 0.15) is 101 Å². The third-order valence-corrected chi connectivity index (χ3v) is 4.14. The molecule has 0 amide bonds. The lowest BCUT2D eigenvalue weighted by molar-refractivity contribution is 0.185. The lowest BCUT2D eigenvalue weighted by Crippen LogP contribution is -2.10. The van der Waals surface area contributed by atoms with Gasteiger partial charge >= 0.3 is 0 Å². The average molecular weight is 312 g/mol. The van der Waals surface area contributed by atoms with E-state index >= 15 is 0 Å². The van der Waals surface area contributed by atoms with Crippen LogP contribution in [0, 0.1) is 12.0 Å². The maximum atomic E-state index is 5.80. The summed E-state index contributed by atoms with van der Waals surface area (Å²) < 4.78 is 5.80. The Bertz CT molecular complexity index is 553. The van der Waals surface area contributed by atoms with E-state index in [-0.39, 0.29) is 6.10 Å². The lowest BCUT2D eigenvalue weighted by Gasteiger charge is -2.25. The van der Waals surface area contributed by atoms with Crippen molar-refractivity contribution in [3.8, 4) is 12.0 Å². The molecule has 0 fully saturated rings. The molecule has 1 rings (SSSR count). The molecule has 1 aromatic carbocycles. The van der Waals surface area contributed by atoms with Crippen LogP contribution in [-0.4, -0.2) is 0 Å². The summed E-state index contributed by atoms with van der Waals surface area (Å²) in [4.78, 5) is 0. The number of hydrogen-bond donors (Lipinski definition) is 0. The highest BCUT2D eigenvalue weighted by Gasteiger charge is 2.21. The van der Waals surface area contributed by atoms with Gasteiger partial charge in [0.15, 0.2) is 0 Å². The van der Waals surface area contributed by atoms with Crippen LogP contribution in [0.4, 0.5) is 0 Å². The number of rotatable bonds is 6. The predicted molar refractivity (Wildman–Crippen MR) is 101 cm³/mol. The molecule has 0 bridgehead atoms. The minimum Gasteiger partial charge on any atom is -0.439 e. The predicted octanol–water partition coefficient (Wildman–Crippen LogP) is 6.67. The Kier molecular flexibility index (Phi) is 7.43. The van der Waals surface area contributed by atoms with E-state index in [2.05, 4.69) is 79.2 Å². The molecular formula is C22H32O. The SMILES string of the molecule is C=CCC#CO[C@H](C)c1c(C(C)C)cc(C(C)C)cc1C(C)C. The summed E-state index contributed by atoms with van der Waals surface area (Å²) >= 11 is 0. The van der Waals surface area contributed by atoms with Crippen molar-refractivity contribution >= 4 is 0 Å². The molecule has 0 saturated heterocycles. The molecule has 0 aromatic heterocycles. The summed E-state index contributed by atoms with van der Waals surface area (Å²) in [6.45, 7) is 19.3. The molecule has 1 atom stereocenters. The van der Waals surface area contributed by atoms with Crippen LogP contribution in [0.25, 0.3) is 0 Å². The van der Waals surface area contributed by atoms with Gasteiger partial charge in [0.2, 0.25) is 0 Å². The molecule has 1 heteroatoms. The standard InChI is InChI=1S/C22H32O/c1-9-10-11-12-23-18(8)22-20(16(4)5)13-19(15(2)3)14-21(22)17(6)7/h9,13-18H,1,10H2,2-8H3/t18-/m1/s1. The van der Waals surface area contributed by atoms with Crippen molar-refractivity contribution < 1.29 is 4.74 Å². The van der Waals surface area contributed by atoms with Crippen molar-refractivity contribution in [2.24, 2.45) is 0 Å². The van der Waals surface area contributed by atoms with Gasteiger partial charge in [-0.2, -0.15) is 0 Å². The third kappa shape index (κ3) is 5.17. The Morgan fingerprint density at radius 1 is 0.957 bits per heavy atom. The van der Waals surface area contributed by atoms with Crippen molar-refractivity contribution in [2.75, 3.05) is 0 Å². The molecule has 0 aliphatic rings. The fourth-order valence-electron chi connectivity index (χ4n) is 2.78. The first-order chi connectivity index (χ1) is 10.8. The van der Waals surface area contributed by atoms with Gasteiger partial charge < -0.3 is 4.74 Å². The van der Waals surface area contributed by atoms with Gasteiger partial charge in [0, 0.05) is 12.0 Å². The average Bonchev–Trinajstić information content (AvgIpc) is 2.49. The van der Waals surface area contributed by atoms with Gasteiger partial charge in [-0.25, -0.2) is 0 Å². The molecule has 0 spiro atoms. The highest BCUT2D eigenvalue weighted by molar-refractivity contribution is 5.45. The lowest BCUT2D eigenvalue weighted by atomic mass is 9.82. The van der Waals surface area contributed by atoms with E-state index in [4.69, 9.17) is 4.74 Å². The Morgan fingerprint density at radius 3 is 1.87 bits per heavy atom. The van der Waals surface area contributed by atoms with Crippen LogP contribution in [-0.2, 0) is 4.74 Å². The van der Waals surface area contributed by atoms with Gasteiger partial charge in [0.25, 0.3) is 0 Å². The monoisotopic (exact) mass is 312 g/mol. The normalized spacial score (nSPS) is 12.3. The van der Waals surface area contributed by atoms with E-state index in [0.717, 1.165) is 0 Å². The van der Waals surface area contributed by atoms with E-state index in [1.807, 2.05) is 0 Å². The van der Waals surface area contributed by atoms with Crippen LogP contribution >= 0.6 is 0 Å². The minimum atomic E-state index is -0.0247. The van der Waals surface area contributed by atoms with E-state index in [0.29, 0.717) is 24.2 Å². The summed E-state index contributed by atoms with van der Waals surface area (Å²) in [6.07, 6.45) is 5.26. The Balaban J connectivity index is 3.37. The van der Waals surface area contributed by atoms with E-state index in [1.54, 1.807) is 6.08 Å². The van der Waals surface area contributed by atoms with Crippen LogP contribution in [0.3, 0.4) is 0 Å². The van der Waals surface area contributed by atoms with Crippen molar-refractivity contribution in [1.82, 2.24) is 0 Å². The van der Waals surface area contributed by atoms with E-state index in [9.17, 15) is 0 Å². The zero-order chi connectivity index (χ0) is 17.6. The van der Waals surface area contributed by atoms with E-state index < -0.39 is 0 Å². The van der Waals surface area contributed by atoms with Gasteiger partial charge in [-0.1, -0.05) is 65.7 Å². The van der Waals surface area contributed by atoms with E-state index in [1.165, 1.54) is 22.3 Å². The summed E-state index contributed by atoms with van der Waals surface area (Å²) in [5, 5.41) is 0. The molecule has 0 aliphatic heterocycles. The van der Waals surface area contributed by atoms with Gasteiger partial charge in [-0.15, -0.1) is 6.58 Å². The molecule has 0 N–H and O–H groups in total. The van der Waals surface area contributed by atoms with Crippen LogP contribution in [0.5, 0.6) is 0 Å². The van der Waals surface area contributed by atoms with Crippen molar-refractivity contribution in [2.45, 2.75) is 78.7 Å². The molecule has 23 heavy (non-hydrogen) atoms. The number of allylic oxidation sites excluding steroid dienone is 1. The van der Waals surface area contributed by atoms with Gasteiger partial charge in [-0.3, -0.25) is 0 Å². The first-order valence-electron chi connectivity index (χ1n) is 8.71. The van der Waals surface area contributed by atoms with Gasteiger partial charge in [0.05, 0.1) is 0 Å². The smallest absolute Gasteiger partial charge is 0.133 e. The maximum absolute atomic E-state index is 5.80. The number of hydrogen-bond acceptors (Lipinski definition) is 1. The molecule has 0 heterocycles. The minimum absolute atomic E-state index is 0.0247. The largest absolute Gasteiger partial charge is 0.439 e. The first kappa shape index (κ1) is 19.4. The topological polar surface area (TPSA) is 9.23 Å². The summed E-state index contributed by atoms with van der Waals surface area (Å²) in [7, 11) is 0. The van der Waals surface area contributed by atoms with Crippen LogP contribution < -0.4 is 0 Å².